The van der Waals surface area contributed by atoms with Gasteiger partial charge < -0.3 is 9.64 Å². The third-order valence-electron chi connectivity index (χ3n) is 4.14. The Balaban J connectivity index is 2.03. The van der Waals surface area contributed by atoms with Gasteiger partial charge in [0.25, 0.3) is 0 Å². The molecule has 3 atom stereocenters. The molecule has 0 aromatic rings. The first kappa shape index (κ1) is 14.8. The average molecular weight is 268 g/mol. The van der Waals surface area contributed by atoms with Crippen molar-refractivity contribution >= 4 is 5.91 Å². The van der Waals surface area contributed by atoms with Gasteiger partial charge in [-0.2, -0.15) is 0 Å². The summed E-state index contributed by atoms with van der Waals surface area (Å²) in [6, 6.07) is -0.00827. The molecule has 0 bridgehead atoms. The predicted octanol–water partition coefficient (Wildman–Crippen LogP) is 1.85. The van der Waals surface area contributed by atoms with E-state index in [0.717, 1.165) is 32.6 Å². The van der Waals surface area contributed by atoms with Crippen molar-refractivity contribution < 1.29 is 9.53 Å². The zero-order chi connectivity index (χ0) is 14.0. The van der Waals surface area contributed by atoms with Crippen LogP contribution in [0.3, 0.4) is 0 Å². The van der Waals surface area contributed by atoms with E-state index in [4.69, 9.17) is 4.74 Å². The number of hydrogen-bond acceptors (Lipinski definition) is 3. The molecule has 2 rings (SSSR count). The summed E-state index contributed by atoms with van der Waals surface area (Å²) < 4.78 is 5.43. The lowest BCUT2D eigenvalue weighted by molar-refractivity contribution is -0.131. The van der Waals surface area contributed by atoms with Crippen molar-refractivity contribution in [3.8, 4) is 0 Å². The number of hydrogen-bond donors (Lipinski definition) is 1. The van der Waals surface area contributed by atoms with Crippen LogP contribution >= 0.6 is 0 Å². The summed E-state index contributed by atoms with van der Waals surface area (Å²) in [5.74, 6) is 1.75. The van der Waals surface area contributed by atoms with Gasteiger partial charge in [0.2, 0.25) is 5.91 Å². The summed E-state index contributed by atoms with van der Waals surface area (Å²) in [4.78, 5) is 14.6. The Hall–Kier alpha value is -0.610. The molecule has 4 heteroatoms. The second-order valence-electron chi connectivity index (χ2n) is 6.75. The van der Waals surface area contributed by atoms with Gasteiger partial charge in [-0.1, -0.05) is 27.7 Å². The fraction of sp³-hybridized carbons (Fsp3) is 0.933. The Morgan fingerprint density at radius 3 is 2.63 bits per heavy atom. The second-order valence-corrected chi connectivity index (χ2v) is 6.75. The summed E-state index contributed by atoms with van der Waals surface area (Å²) in [7, 11) is 0. The highest BCUT2D eigenvalue weighted by atomic mass is 16.5. The van der Waals surface area contributed by atoms with Crippen LogP contribution in [0.1, 0.15) is 40.5 Å². The minimum absolute atomic E-state index is 0.00827. The van der Waals surface area contributed by atoms with Crippen molar-refractivity contribution in [2.75, 3.05) is 19.8 Å². The normalized spacial score (nSPS) is 32.0. The molecule has 2 fully saturated rings. The summed E-state index contributed by atoms with van der Waals surface area (Å²) in [6.07, 6.45) is 2.33. The maximum atomic E-state index is 12.5. The highest BCUT2D eigenvalue weighted by Gasteiger charge is 2.41. The van der Waals surface area contributed by atoms with Crippen LogP contribution in [-0.2, 0) is 9.53 Å². The molecule has 1 amide bonds. The Morgan fingerprint density at radius 1 is 1.37 bits per heavy atom. The van der Waals surface area contributed by atoms with E-state index in [2.05, 4.69) is 37.9 Å². The van der Waals surface area contributed by atoms with Gasteiger partial charge in [0.05, 0.1) is 18.8 Å². The van der Waals surface area contributed by atoms with Crippen molar-refractivity contribution in [3.05, 3.63) is 0 Å². The van der Waals surface area contributed by atoms with E-state index in [1.807, 2.05) is 0 Å². The van der Waals surface area contributed by atoms with Gasteiger partial charge in [-0.15, -0.1) is 0 Å². The number of ether oxygens (including phenoxy) is 1. The molecular weight excluding hydrogens is 240 g/mol. The second kappa shape index (κ2) is 6.23. The standard InChI is InChI=1S/C15H28N2O2/c1-10(2)7-13-16-14(11(3)4)15(18)17(13)8-12-5-6-19-9-12/h10-14,16H,5-9H2,1-4H3. The van der Waals surface area contributed by atoms with E-state index in [9.17, 15) is 4.79 Å². The summed E-state index contributed by atoms with van der Waals surface area (Å²) in [5, 5.41) is 3.53. The molecular formula is C15H28N2O2. The number of rotatable bonds is 5. The van der Waals surface area contributed by atoms with Crippen molar-refractivity contribution in [3.63, 3.8) is 0 Å². The first-order valence-corrected chi connectivity index (χ1v) is 7.63. The number of carbonyl (C=O) groups is 1. The van der Waals surface area contributed by atoms with Gasteiger partial charge in [-0.05, 0) is 24.7 Å². The van der Waals surface area contributed by atoms with Crippen LogP contribution in [0.4, 0.5) is 0 Å². The van der Waals surface area contributed by atoms with Crippen LogP contribution in [0.25, 0.3) is 0 Å². The van der Waals surface area contributed by atoms with Gasteiger partial charge in [-0.25, -0.2) is 0 Å². The molecule has 2 heterocycles. The lowest BCUT2D eigenvalue weighted by Crippen LogP contribution is -2.41. The molecule has 0 aromatic heterocycles. The van der Waals surface area contributed by atoms with E-state index in [-0.39, 0.29) is 18.1 Å². The van der Waals surface area contributed by atoms with Crippen LogP contribution in [0.2, 0.25) is 0 Å². The molecule has 2 aliphatic rings. The number of carbonyl (C=O) groups excluding carboxylic acids is 1. The lowest BCUT2D eigenvalue weighted by atomic mass is 10.0. The fourth-order valence-electron chi connectivity index (χ4n) is 3.04. The maximum Gasteiger partial charge on any atom is 0.241 e. The molecule has 0 aromatic carbocycles. The SMILES string of the molecule is CC(C)CC1NC(C(C)C)C(=O)N1CC1CCOC1. The molecule has 3 unspecified atom stereocenters. The maximum absolute atomic E-state index is 12.5. The van der Waals surface area contributed by atoms with Gasteiger partial charge in [0.1, 0.15) is 0 Å². The third kappa shape index (κ3) is 3.48. The first-order chi connectivity index (χ1) is 8.99. The lowest BCUT2D eigenvalue weighted by Gasteiger charge is -2.27. The minimum atomic E-state index is -0.00827. The molecule has 19 heavy (non-hydrogen) atoms. The molecule has 0 aliphatic carbocycles. The van der Waals surface area contributed by atoms with Crippen molar-refractivity contribution in [1.29, 1.82) is 0 Å². The summed E-state index contributed by atoms with van der Waals surface area (Å²) in [5.41, 5.74) is 0. The Kier molecular flexibility index (Phi) is 4.85. The molecule has 1 N–H and O–H groups in total. The topological polar surface area (TPSA) is 41.6 Å². The third-order valence-corrected chi connectivity index (χ3v) is 4.14. The fourth-order valence-corrected chi connectivity index (χ4v) is 3.04. The van der Waals surface area contributed by atoms with Gasteiger partial charge in [0.15, 0.2) is 0 Å². The van der Waals surface area contributed by atoms with Gasteiger partial charge >= 0.3 is 0 Å². The van der Waals surface area contributed by atoms with E-state index in [1.54, 1.807) is 0 Å². The highest BCUT2D eigenvalue weighted by molar-refractivity contribution is 5.84. The van der Waals surface area contributed by atoms with Crippen LogP contribution < -0.4 is 5.32 Å². The number of nitrogens with zero attached hydrogens (tertiary/aromatic N) is 1. The largest absolute Gasteiger partial charge is 0.381 e. The van der Waals surface area contributed by atoms with Crippen LogP contribution in [-0.4, -0.2) is 42.8 Å². The molecule has 2 saturated heterocycles. The van der Waals surface area contributed by atoms with Gasteiger partial charge in [-0.3, -0.25) is 10.1 Å². The Morgan fingerprint density at radius 2 is 2.11 bits per heavy atom. The van der Waals surface area contributed by atoms with Gasteiger partial charge in [0, 0.05) is 19.1 Å². The minimum Gasteiger partial charge on any atom is -0.381 e. The van der Waals surface area contributed by atoms with Crippen LogP contribution in [0.15, 0.2) is 0 Å². The van der Waals surface area contributed by atoms with Crippen molar-refractivity contribution in [1.82, 2.24) is 10.2 Å². The monoisotopic (exact) mass is 268 g/mol. The quantitative estimate of drug-likeness (QED) is 0.827. The number of nitrogens with one attached hydrogen (secondary N) is 1. The van der Waals surface area contributed by atoms with Crippen LogP contribution in [0, 0.1) is 17.8 Å². The average Bonchev–Trinajstić information content (AvgIpc) is 2.91. The molecule has 110 valence electrons. The predicted molar refractivity (Wildman–Crippen MR) is 75.6 cm³/mol. The summed E-state index contributed by atoms with van der Waals surface area (Å²) in [6.45, 7) is 11.2. The molecule has 0 spiro atoms. The zero-order valence-corrected chi connectivity index (χ0v) is 12.7. The molecule has 2 aliphatic heterocycles. The molecule has 0 saturated carbocycles. The Bertz CT molecular complexity index is 311. The van der Waals surface area contributed by atoms with E-state index in [1.165, 1.54) is 0 Å². The van der Waals surface area contributed by atoms with E-state index in [0.29, 0.717) is 17.8 Å². The summed E-state index contributed by atoms with van der Waals surface area (Å²) >= 11 is 0. The van der Waals surface area contributed by atoms with E-state index < -0.39 is 0 Å². The Labute approximate surface area is 116 Å². The van der Waals surface area contributed by atoms with Crippen molar-refractivity contribution in [2.45, 2.75) is 52.7 Å². The zero-order valence-electron chi connectivity index (χ0n) is 12.7. The highest BCUT2D eigenvalue weighted by Crippen LogP contribution is 2.24. The van der Waals surface area contributed by atoms with Crippen LogP contribution in [0.5, 0.6) is 0 Å². The number of amides is 1. The molecule has 4 nitrogen and oxygen atoms in total. The van der Waals surface area contributed by atoms with E-state index >= 15 is 0 Å². The first-order valence-electron chi connectivity index (χ1n) is 7.63. The molecule has 0 radical (unpaired) electrons. The van der Waals surface area contributed by atoms with Crippen molar-refractivity contribution in [2.24, 2.45) is 17.8 Å². The smallest absolute Gasteiger partial charge is 0.241 e.